The zero-order chi connectivity index (χ0) is 43.4. The minimum Gasteiger partial charge on any atom is -0.480 e. The highest BCUT2D eigenvalue weighted by molar-refractivity contribution is 5.95. The Morgan fingerprint density at radius 2 is 1.14 bits per heavy atom. The molecule has 5 amide bonds. The maximum absolute atomic E-state index is 13.3. The molecular formula is C45H73N5O9. The van der Waals surface area contributed by atoms with Gasteiger partial charge in [0.15, 0.2) is 0 Å². The van der Waals surface area contributed by atoms with Gasteiger partial charge in [0, 0.05) is 25.8 Å². The second kappa shape index (κ2) is 29.7. The number of carboxylic acid groups (broad SMARTS) is 2. The van der Waals surface area contributed by atoms with Crippen LogP contribution in [0.3, 0.4) is 0 Å². The highest BCUT2D eigenvalue weighted by Crippen LogP contribution is 2.20. The molecule has 0 radical (unpaired) electrons. The molecule has 14 heteroatoms. The highest BCUT2D eigenvalue weighted by Gasteiger charge is 2.38. The van der Waals surface area contributed by atoms with Crippen LogP contribution in [0.2, 0.25) is 0 Å². The van der Waals surface area contributed by atoms with Crippen LogP contribution in [0.15, 0.2) is 30.3 Å². The molecule has 1 saturated heterocycles. The molecule has 0 saturated carbocycles. The van der Waals surface area contributed by atoms with Crippen LogP contribution in [-0.2, 0) is 40.0 Å². The number of aliphatic carboxylic acids is 2. The smallest absolute Gasteiger partial charge is 0.326 e. The van der Waals surface area contributed by atoms with Crippen LogP contribution >= 0.6 is 0 Å². The van der Waals surface area contributed by atoms with E-state index in [1.54, 1.807) is 30.3 Å². The number of hydrogen-bond acceptors (Lipinski definition) is 7. The average molecular weight is 828 g/mol. The molecule has 1 aromatic carbocycles. The Morgan fingerprint density at radius 1 is 0.627 bits per heavy atom. The zero-order valence-corrected chi connectivity index (χ0v) is 35.9. The summed E-state index contributed by atoms with van der Waals surface area (Å²) in [6.07, 6.45) is 21.6. The van der Waals surface area contributed by atoms with Gasteiger partial charge in [0.05, 0.1) is 0 Å². The zero-order valence-electron chi connectivity index (χ0n) is 35.9. The van der Waals surface area contributed by atoms with E-state index in [1.165, 1.54) is 102 Å². The number of nitrogens with one attached hydrogen (secondary N) is 4. The number of amides is 5. The van der Waals surface area contributed by atoms with Gasteiger partial charge in [-0.05, 0) is 45.1 Å². The minimum absolute atomic E-state index is 0.0733. The van der Waals surface area contributed by atoms with Crippen molar-refractivity contribution in [1.29, 1.82) is 0 Å². The van der Waals surface area contributed by atoms with Crippen LogP contribution in [0.4, 0.5) is 0 Å². The molecule has 5 atom stereocenters. The maximum atomic E-state index is 13.3. The Kier molecular flexibility index (Phi) is 25.5. The van der Waals surface area contributed by atoms with Crippen LogP contribution in [0.5, 0.6) is 0 Å². The highest BCUT2D eigenvalue weighted by atomic mass is 16.4. The summed E-state index contributed by atoms with van der Waals surface area (Å²) >= 11 is 0. The fourth-order valence-electron chi connectivity index (χ4n) is 7.46. The van der Waals surface area contributed by atoms with E-state index in [4.69, 9.17) is 0 Å². The first-order chi connectivity index (χ1) is 28.3. The third kappa shape index (κ3) is 21.4. The number of carboxylic acids is 2. The first kappa shape index (κ1) is 50.7. The summed E-state index contributed by atoms with van der Waals surface area (Å²) in [5.41, 5.74) is 0.733. The second-order valence-corrected chi connectivity index (χ2v) is 16.2. The van der Waals surface area contributed by atoms with Crippen molar-refractivity contribution < 1.29 is 43.8 Å². The van der Waals surface area contributed by atoms with Crippen LogP contribution < -0.4 is 21.3 Å². The van der Waals surface area contributed by atoms with Gasteiger partial charge in [0.2, 0.25) is 29.5 Å². The molecule has 0 aromatic heterocycles. The predicted molar refractivity (Wildman–Crippen MR) is 227 cm³/mol. The number of hydrogen-bond donors (Lipinski definition) is 6. The van der Waals surface area contributed by atoms with Gasteiger partial charge in [-0.2, -0.15) is 0 Å². The van der Waals surface area contributed by atoms with E-state index >= 15 is 0 Å². The van der Waals surface area contributed by atoms with E-state index in [9.17, 15) is 43.8 Å². The van der Waals surface area contributed by atoms with Crippen molar-refractivity contribution in [2.24, 2.45) is 0 Å². The van der Waals surface area contributed by atoms with E-state index in [2.05, 4.69) is 28.2 Å². The molecule has 1 aliphatic rings. The lowest BCUT2D eigenvalue weighted by molar-refractivity contribution is -0.144. The molecule has 1 heterocycles. The molecule has 0 aliphatic carbocycles. The van der Waals surface area contributed by atoms with Gasteiger partial charge in [-0.1, -0.05) is 140 Å². The van der Waals surface area contributed by atoms with E-state index in [1.807, 2.05) is 0 Å². The summed E-state index contributed by atoms with van der Waals surface area (Å²) in [6.45, 7) is 5.38. The normalized spacial score (nSPS) is 15.7. The van der Waals surface area contributed by atoms with Crippen LogP contribution in [-0.4, -0.2) is 93.3 Å². The Morgan fingerprint density at radius 3 is 1.66 bits per heavy atom. The molecule has 2 rings (SSSR count). The predicted octanol–water partition coefficient (Wildman–Crippen LogP) is 6.19. The van der Waals surface area contributed by atoms with Crippen LogP contribution in [0.25, 0.3) is 0 Å². The summed E-state index contributed by atoms with van der Waals surface area (Å²) in [5, 5.41) is 29.5. The number of likely N-dealkylation sites (tertiary alicyclic amines) is 1. The van der Waals surface area contributed by atoms with Gasteiger partial charge in [0.1, 0.15) is 30.2 Å². The van der Waals surface area contributed by atoms with E-state index < -0.39 is 65.8 Å². The Hall–Kier alpha value is -4.49. The number of rotatable bonds is 32. The number of benzene rings is 1. The van der Waals surface area contributed by atoms with Crippen molar-refractivity contribution >= 4 is 41.5 Å². The lowest BCUT2D eigenvalue weighted by Gasteiger charge is -2.28. The molecule has 14 nitrogen and oxygen atoms in total. The van der Waals surface area contributed by atoms with Gasteiger partial charge >= 0.3 is 11.9 Å². The number of unbranched alkanes of at least 4 members (excludes halogenated alkanes) is 16. The number of nitrogens with zero attached hydrogens (tertiary/aromatic N) is 1. The molecule has 0 unspecified atom stereocenters. The fourth-order valence-corrected chi connectivity index (χ4v) is 7.46. The Labute approximate surface area is 351 Å². The summed E-state index contributed by atoms with van der Waals surface area (Å²) in [6, 6.07) is 3.40. The Balaban J connectivity index is 1.63. The van der Waals surface area contributed by atoms with E-state index in [-0.39, 0.29) is 38.1 Å². The third-order valence-electron chi connectivity index (χ3n) is 11.0. The fraction of sp³-hybridized carbons (Fsp3) is 0.711. The molecule has 1 aliphatic heterocycles. The lowest BCUT2D eigenvalue weighted by atomic mass is 10.0. The van der Waals surface area contributed by atoms with Crippen molar-refractivity contribution in [3.05, 3.63) is 35.9 Å². The molecule has 59 heavy (non-hydrogen) atoms. The first-order valence-corrected chi connectivity index (χ1v) is 22.3. The van der Waals surface area contributed by atoms with Crippen molar-refractivity contribution in [3.63, 3.8) is 0 Å². The molecule has 0 bridgehead atoms. The van der Waals surface area contributed by atoms with Crippen LogP contribution in [0.1, 0.15) is 168 Å². The molecule has 6 N–H and O–H groups in total. The SMILES string of the molecule is CCCCCCCCCCCCCCCCCCCC(=O)N[C@@H](CCC(=O)N[C@@H](C)C(=O)N[C@@H](C)C(=O)N1CCC[C@H]1C(=O)N[C@@H](Cc1ccccc1)C(=O)O)C(=O)O. The lowest BCUT2D eigenvalue weighted by Crippen LogP contribution is -2.56. The van der Waals surface area contributed by atoms with Gasteiger partial charge in [-0.15, -0.1) is 0 Å². The standard InChI is InChI=1S/C45H73N5O9/c1-4-5-6-7-8-9-10-11-12-13-14-15-16-17-18-19-23-28-39(51)48-36(44(56)57)29-30-40(52)46-33(2)41(53)47-34(3)43(55)50-31-24-27-38(50)42(54)49-37(45(58)59)32-35-25-21-20-22-26-35/h20-22,25-26,33-34,36-38H,4-19,23-24,27-32H2,1-3H3,(H,46,52)(H,47,53)(H,48,51)(H,49,54)(H,56,57)(H,58,59)/t33-,34-,36-,37-,38-/m0/s1. The summed E-state index contributed by atoms with van der Waals surface area (Å²) in [4.78, 5) is 89.6. The summed E-state index contributed by atoms with van der Waals surface area (Å²) < 4.78 is 0. The summed E-state index contributed by atoms with van der Waals surface area (Å²) in [7, 11) is 0. The molecular weight excluding hydrogens is 755 g/mol. The van der Waals surface area contributed by atoms with Gasteiger partial charge in [0.25, 0.3) is 0 Å². The van der Waals surface area contributed by atoms with E-state index in [0.29, 0.717) is 19.3 Å². The second-order valence-electron chi connectivity index (χ2n) is 16.2. The summed E-state index contributed by atoms with van der Waals surface area (Å²) in [5.74, 6) is -5.21. The third-order valence-corrected chi connectivity index (χ3v) is 11.0. The number of carbonyl (C=O) groups is 7. The molecule has 0 spiro atoms. The maximum Gasteiger partial charge on any atom is 0.326 e. The van der Waals surface area contributed by atoms with Crippen molar-refractivity contribution in [2.45, 2.75) is 199 Å². The minimum atomic E-state index is -1.25. The van der Waals surface area contributed by atoms with Crippen LogP contribution in [0, 0.1) is 0 Å². The van der Waals surface area contributed by atoms with Gasteiger partial charge in [-0.3, -0.25) is 24.0 Å². The number of carbonyl (C=O) groups excluding carboxylic acids is 5. The van der Waals surface area contributed by atoms with E-state index in [0.717, 1.165) is 24.8 Å². The molecule has 332 valence electrons. The molecule has 1 aromatic rings. The van der Waals surface area contributed by atoms with Gasteiger partial charge in [-0.25, -0.2) is 9.59 Å². The average Bonchev–Trinajstić information content (AvgIpc) is 3.70. The topological polar surface area (TPSA) is 211 Å². The van der Waals surface area contributed by atoms with Crippen molar-refractivity contribution in [3.8, 4) is 0 Å². The monoisotopic (exact) mass is 828 g/mol. The quantitative estimate of drug-likeness (QED) is 0.0457. The molecule has 1 fully saturated rings. The van der Waals surface area contributed by atoms with Crippen molar-refractivity contribution in [2.75, 3.05) is 6.54 Å². The first-order valence-electron chi connectivity index (χ1n) is 22.3. The Bertz CT molecular complexity index is 1440. The van der Waals surface area contributed by atoms with Crippen molar-refractivity contribution in [1.82, 2.24) is 26.2 Å². The van der Waals surface area contributed by atoms with Gasteiger partial charge < -0.3 is 36.4 Å². The largest absolute Gasteiger partial charge is 0.480 e.